The fraction of sp³-hybridized carbons (Fsp3) is 0.222. The number of amides is 1. The van der Waals surface area contributed by atoms with Gasteiger partial charge in [0, 0.05) is 23.7 Å². The maximum Gasteiger partial charge on any atom is 0.411 e. The number of hydrogen-bond donors (Lipinski definition) is 2. The van der Waals surface area contributed by atoms with E-state index in [2.05, 4.69) is 37.9 Å². The molecule has 192 valence electrons. The Bertz CT molecular complexity index is 1620. The second-order valence-corrected chi connectivity index (χ2v) is 8.75. The molecule has 0 spiro atoms. The van der Waals surface area contributed by atoms with Crippen LogP contribution >= 0.6 is 0 Å². The summed E-state index contributed by atoms with van der Waals surface area (Å²) in [4.78, 5) is 18.2. The van der Waals surface area contributed by atoms with E-state index in [9.17, 15) is 4.79 Å². The van der Waals surface area contributed by atoms with Crippen LogP contribution in [0.25, 0.3) is 16.4 Å². The van der Waals surface area contributed by atoms with E-state index in [1.54, 1.807) is 17.8 Å². The zero-order valence-electron chi connectivity index (χ0n) is 21.1. The molecule has 0 aliphatic rings. The predicted molar refractivity (Wildman–Crippen MR) is 144 cm³/mol. The molecule has 0 aliphatic carbocycles. The third-order valence-corrected chi connectivity index (χ3v) is 6.18. The summed E-state index contributed by atoms with van der Waals surface area (Å²) in [6.45, 7) is 3.11. The summed E-state index contributed by atoms with van der Waals surface area (Å²) in [5.74, 6) is 0.616. The first-order valence-electron chi connectivity index (χ1n) is 12.2. The van der Waals surface area contributed by atoms with Crippen molar-refractivity contribution in [3.05, 3.63) is 78.4 Å². The van der Waals surface area contributed by atoms with Gasteiger partial charge in [-0.3, -0.25) is 10.00 Å². The topological polar surface area (TPSA) is 125 Å². The van der Waals surface area contributed by atoms with Crippen LogP contribution in [-0.2, 0) is 17.7 Å². The van der Waals surface area contributed by atoms with Crippen LogP contribution in [0.3, 0.4) is 0 Å². The lowest BCUT2D eigenvalue weighted by Gasteiger charge is -2.11. The molecule has 11 nitrogen and oxygen atoms in total. The lowest BCUT2D eigenvalue weighted by molar-refractivity contribution is 0.154. The zero-order chi connectivity index (χ0) is 26.5. The van der Waals surface area contributed by atoms with Crippen LogP contribution in [-0.4, -0.2) is 55.6 Å². The molecular formula is C27H27N9O2. The van der Waals surface area contributed by atoms with Crippen LogP contribution in [0.5, 0.6) is 0 Å². The van der Waals surface area contributed by atoms with Crippen LogP contribution < -0.4 is 10.6 Å². The second-order valence-electron chi connectivity index (χ2n) is 8.75. The fourth-order valence-electron chi connectivity index (χ4n) is 4.29. The molecule has 0 saturated heterocycles. The molecule has 3 heterocycles. The molecular weight excluding hydrogens is 482 g/mol. The van der Waals surface area contributed by atoms with Gasteiger partial charge in [-0.2, -0.15) is 15.5 Å². The summed E-state index contributed by atoms with van der Waals surface area (Å²) in [7, 11) is 1.62. The Balaban J connectivity index is 1.36. The average molecular weight is 510 g/mol. The van der Waals surface area contributed by atoms with Crippen molar-refractivity contribution in [2.45, 2.75) is 19.9 Å². The number of rotatable bonds is 9. The van der Waals surface area contributed by atoms with Gasteiger partial charge in [-0.1, -0.05) is 37.3 Å². The van der Waals surface area contributed by atoms with Gasteiger partial charge < -0.3 is 15.0 Å². The predicted octanol–water partition coefficient (Wildman–Crippen LogP) is 4.39. The minimum absolute atomic E-state index is 0.0990. The van der Waals surface area contributed by atoms with Gasteiger partial charge in [-0.15, -0.1) is 0 Å². The summed E-state index contributed by atoms with van der Waals surface area (Å²) in [6, 6.07) is 16.3. The van der Waals surface area contributed by atoms with Gasteiger partial charge in [0.25, 0.3) is 0 Å². The van der Waals surface area contributed by atoms with E-state index in [-0.39, 0.29) is 6.61 Å². The van der Waals surface area contributed by atoms with Gasteiger partial charge in [0.1, 0.15) is 18.5 Å². The van der Waals surface area contributed by atoms with Gasteiger partial charge in [-0.25, -0.2) is 14.3 Å². The van der Waals surface area contributed by atoms with E-state index in [1.807, 2.05) is 60.4 Å². The Hall–Kier alpha value is -5.11. The van der Waals surface area contributed by atoms with Crippen molar-refractivity contribution in [1.29, 1.82) is 5.26 Å². The Kier molecular flexibility index (Phi) is 7.04. The van der Waals surface area contributed by atoms with Crippen molar-refractivity contribution < 1.29 is 9.53 Å². The normalized spacial score (nSPS) is 10.9. The SMILES string of the molecule is CCc1c(NC(=O)OCCN(C)C#N)cn2ncnc(Nc3ccc4c(cnn4Cc4ccccc4)c3)c12. The Morgan fingerprint density at radius 1 is 1.18 bits per heavy atom. The van der Waals surface area contributed by atoms with E-state index in [0.717, 1.165) is 27.7 Å². The fourth-order valence-corrected chi connectivity index (χ4v) is 4.29. The smallest absolute Gasteiger partial charge is 0.411 e. The third kappa shape index (κ3) is 5.19. The van der Waals surface area contributed by atoms with Gasteiger partial charge in [-0.05, 0) is 30.2 Å². The van der Waals surface area contributed by atoms with Crippen molar-refractivity contribution >= 4 is 39.7 Å². The van der Waals surface area contributed by atoms with Gasteiger partial charge in [0.15, 0.2) is 12.0 Å². The van der Waals surface area contributed by atoms with Crippen molar-refractivity contribution in [1.82, 2.24) is 29.3 Å². The van der Waals surface area contributed by atoms with E-state index in [0.29, 0.717) is 31.0 Å². The summed E-state index contributed by atoms with van der Waals surface area (Å²) in [5.41, 5.74) is 5.30. The highest BCUT2D eigenvalue weighted by molar-refractivity contribution is 5.91. The quantitative estimate of drug-likeness (QED) is 0.221. The summed E-state index contributed by atoms with van der Waals surface area (Å²) in [5, 5.41) is 24.9. The number of nitrogens with one attached hydrogen (secondary N) is 2. The molecule has 0 aliphatic heterocycles. The molecule has 11 heteroatoms. The number of anilines is 3. The minimum atomic E-state index is -0.595. The van der Waals surface area contributed by atoms with Crippen LogP contribution in [0, 0.1) is 11.5 Å². The second kappa shape index (κ2) is 10.9. The van der Waals surface area contributed by atoms with Gasteiger partial charge in [0.05, 0.1) is 36.7 Å². The van der Waals surface area contributed by atoms with Crippen LogP contribution in [0.4, 0.5) is 22.0 Å². The number of likely N-dealkylation sites (N-methyl/N-ethyl adjacent to an activating group) is 1. The molecule has 0 atom stereocenters. The first-order valence-corrected chi connectivity index (χ1v) is 12.2. The molecule has 1 amide bonds. The summed E-state index contributed by atoms with van der Waals surface area (Å²) in [6.07, 6.45) is 7.06. The highest BCUT2D eigenvalue weighted by atomic mass is 16.5. The average Bonchev–Trinajstić information content (AvgIpc) is 3.49. The van der Waals surface area contributed by atoms with Gasteiger partial charge in [0.2, 0.25) is 0 Å². The Morgan fingerprint density at radius 2 is 2.03 bits per heavy atom. The monoisotopic (exact) mass is 509 g/mol. The number of carbonyl (C=O) groups excluding carboxylic acids is 1. The van der Waals surface area contributed by atoms with Crippen LogP contribution in [0.1, 0.15) is 18.1 Å². The lowest BCUT2D eigenvalue weighted by atomic mass is 10.2. The third-order valence-electron chi connectivity index (χ3n) is 6.18. The van der Waals surface area contributed by atoms with Crippen LogP contribution in [0.2, 0.25) is 0 Å². The highest BCUT2D eigenvalue weighted by Crippen LogP contribution is 2.30. The first kappa shape index (κ1) is 24.6. The molecule has 2 aromatic carbocycles. The molecule has 0 radical (unpaired) electrons. The number of nitrogens with zero attached hydrogens (tertiary/aromatic N) is 7. The number of fused-ring (bicyclic) bond motifs is 2. The van der Waals surface area contributed by atoms with Crippen molar-refractivity contribution in [2.75, 3.05) is 30.8 Å². The highest BCUT2D eigenvalue weighted by Gasteiger charge is 2.17. The molecule has 0 unspecified atom stereocenters. The molecule has 5 rings (SSSR count). The molecule has 2 N–H and O–H groups in total. The number of aromatic nitrogens is 5. The molecule has 0 bridgehead atoms. The molecule has 0 fully saturated rings. The van der Waals surface area contributed by atoms with Crippen molar-refractivity contribution in [3.8, 4) is 6.19 Å². The standard InChI is InChI=1S/C27H27N9O2/c1-3-22-23(33-27(37)38-12-11-34(2)17-28)16-36-25(22)26(29-18-31-36)32-21-9-10-24-20(13-21)14-30-35(24)15-19-7-5-4-6-8-19/h4-10,13-14,16,18H,3,11-12,15H2,1-2H3,(H,33,37)(H,29,31,32). The van der Waals surface area contributed by atoms with E-state index in [1.165, 1.54) is 16.8 Å². The number of nitriles is 1. The van der Waals surface area contributed by atoms with E-state index >= 15 is 0 Å². The minimum Gasteiger partial charge on any atom is -0.447 e. The largest absolute Gasteiger partial charge is 0.447 e. The molecule has 5 aromatic rings. The molecule has 0 saturated carbocycles. The Morgan fingerprint density at radius 3 is 2.82 bits per heavy atom. The van der Waals surface area contributed by atoms with Crippen molar-refractivity contribution in [3.63, 3.8) is 0 Å². The maximum absolute atomic E-state index is 12.3. The number of ether oxygens (including phenoxy) is 1. The number of carbonyl (C=O) groups is 1. The van der Waals surface area contributed by atoms with E-state index < -0.39 is 6.09 Å². The van der Waals surface area contributed by atoms with Gasteiger partial charge >= 0.3 is 6.09 Å². The molecule has 38 heavy (non-hydrogen) atoms. The van der Waals surface area contributed by atoms with Crippen LogP contribution in [0.15, 0.2) is 67.3 Å². The Labute approximate surface area is 219 Å². The van der Waals surface area contributed by atoms with E-state index in [4.69, 9.17) is 10.00 Å². The lowest BCUT2D eigenvalue weighted by Crippen LogP contribution is -2.22. The first-order chi connectivity index (χ1) is 18.6. The summed E-state index contributed by atoms with van der Waals surface area (Å²) < 4.78 is 8.87. The van der Waals surface area contributed by atoms with Crippen molar-refractivity contribution in [2.24, 2.45) is 0 Å². The molecule has 3 aromatic heterocycles. The summed E-state index contributed by atoms with van der Waals surface area (Å²) >= 11 is 0. The number of aryl methyl sites for hydroxylation is 1. The zero-order valence-corrected chi connectivity index (χ0v) is 21.1. The maximum atomic E-state index is 12.3. The number of benzene rings is 2. The number of hydrogen-bond acceptors (Lipinski definition) is 8.